The molecule has 2 rings (SSSR count). The highest BCUT2D eigenvalue weighted by molar-refractivity contribution is 7.84. The van der Waals surface area contributed by atoms with Gasteiger partial charge in [0.15, 0.2) is 5.75 Å². The van der Waals surface area contributed by atoms with Crippen LogP contribution in [0.2, 0.25) is 0 Å². The number of amides is 2. The van der Waals surface area contributed by atoms with Crippen molar-refractivity contribution in [3.63, 3.8) is 0 Å². The Morgan fingerprint density at radius 3 is 2.52 bits per heavy atom. The van der Waals surface area contributed by atoms with Gasteiger partial charge in [0.1, 0.15) is 5.75 Å². The number of para-hydroxylation sites is 2. The summed E-state index contributed by atoms with van der Waals surface area (Å²) < 4.78 is 16.8. The third kappa shape index (κ3) is 5.75. The molecule has 1 unspecified atom stereocenters. The molecule has 0 fully saturated rings. The molecule has 0 bridgehead atoms. The largest absolute Gasteiger partial charge is 0.455 e. The van der Waals surface area contributed by atoms with Gasteiger partial charge in [0.05, 0.1) is 5.69 Å². The van der Waals surface area contributed by atoms with Crippen molar-refractivity contribution in [2.75, 3.05) is 23.9 Å². The van der Waals surface area contributed by atoms with Gasteiger partial charge >= 0.3 is 6.03 Å². The summed E-state index contributed by atoms with van der Waals surface area (Å²) in [4.78, 5) is 11.9. The molecule has 6 heteroatoms. The highest BCUT2D eigenvalue weighted by Gasteiger charge is 2.08. The molecule has 122 valence electrons. The number of benzene rings is 2. The minimum absolute atomic E-state index is 0.351. The Hall–Kier alpha value is -2.34. The summed E-state index contributed by atoms with van der Waals surface area (Å²) in [5, 5.41) is 5.40. The molecule has 2 aromatic rings. The molecule has 0 aromatic heterocycles. The van der Waals surface area contributed by atoms with Crippen LogP contribution in [0.15, 0.2) is 48.5 Å². The molecule has 0 saturated carbocycles. The Balaban J connectivity index is 2.01. The van der Waals surface area contributed by atoms with Gasteiger partial charge in [-0.1, -0.05) is 29.8 Å². The van der Waals surface area contributed by atoms with E-state index in [0.717, 1.165) is 5.56 Å². The predicted molar refractivity (Wildman–Crippen MR) is 93.6 cm³/mol. The molecule has 0 radical (unpaired) electrons. The lowest BCUT2D eigenvalue weighted by atomic mass is 10.2. The van der Waals surface area contributed by atoms with Gasteiger partial charge < -0.3 is 15.4 Å². The van der Waals surface area contributed by atoms with Crippen molar-refractivity contribution in [2.24, 2.45) is 0 Å². The summed E-state index contributed by atoms with van der Waals surface area (Å²) in [6, 6.07) is 14.5. The fourth-order valence-corrected chi connectivity index (χ4v) is 2.26. The van der Waals surface area contributed by atoms with Crippen molar-refractivity contribution in [3.8, 4) is 11.5 Å². The lowest BCUT2D eigenvalue weighted by Crippen LogP contribution is -2.31. The molecule has 23 heavy (non-hydrogen) atoms. The molecule has 0 aliphatic carbocycles. The molecular weight excluding hydrogens is 312 g/mol. The van der Waals surface area contributed by atoms with Crippen LogP contribution in [0.25, 0.3) is 0 Å². The van der Waals surface area contributed by atoms with Crippen LogP contribution in [0.3, 0.4) is 0 Å². The fourth-order valence-electron chi connectivity index (χ4n) is 1.87. The normalized spacial score (nSPS) is 11.6. The average molecular weight is 332 g/mol. The van der Waals surface area contributed by atoms with Crippen LogP contribution in [-0.2, 0) is 10.8 Å². The monoisotopic (exact) mass is 332 g/mol. The first-order valence-corrected chi connectivity index (χ1v) is 8.96. The van der Waals surface area contributed by atoms with Crippen LogP contribution in [0.4, 0.5) is 10.5 Å². The van der Waals surface area contributed by atoms with E-state index in [9.17, 15) is 9.00 Å². The van der Waals surface area contributed by atoms with Crippen LogP contribution >= 0.6 is 0 Å². The van der Waals surface area contributed by atoms with Gasteiger partial charge in [0.25, 0.3) is 0 Å². The second kappa shape index (κ2) is 8.33. The van der Waals surface area contributed by atoms with Gasteiger partial charge in [-0.3, -0.25) is 4.21 Å². The number of carbonyl (C=O) groups excluding carboxylic acids is 1. The van der Waals surface area contributed by atoms with Crippen molar-refractivity contribution in [1.29, 1.82) is 0 Å². The maximum Gasteiger partial charge on any atom is 0.319 e. The number of rotatable bonds is 6. The zero-order chi connectivity index (χ0) is 16.7. The number of carbonyl (C=O) groups is 1. The lowest BCUT2D eigenvalue weighted by molar-refractivity contribution is 0.252. The molecule has 2 amide bonds. The first-order valence-electron chi connectivity index (χ1n) is 7.23. The van der Waals surface area contributed by atoms with Crippen molar-refractivity contribution in [2.45, 2.75) is 6.92 Å². The number of nitrogens with one attached hydrogen (secondary N) is 2. The maximum absolute atomic E-state index is 11.9. The van der Waals surface area contributed by atoms with E-state index in [1.165, 1.54) is 0 Å². The number of hydrogen-bond donors (Lipinski definition) is 2. The number of aryl methyl sites for hydroxylation is 1. The summed E-state index contributed by atoms with van der Waals surface area (Å²) in [5.74, 6) is 1.69. The van der Waals surface area contributed by atoms with E-state index in [0.29, 0.717) is 29.5 Å². The first-order chi connectivity index (χ1) is 11.0. The van der Waals surface area contributed by atoms with Crippen LogP contribution in [0, 0.1) is 6.92 Å². The van der Waals surface area contributed by atoms with Gasteiger partial charge in [0.2, 0.25) is 0 Å². The number of anilines is 1. The fraction of sp³-hybridized carbons (Fsp3) is 0.235. The molecule has 2 N–H and O–H groups in total. The molecule has 1 atom stereocenters. The SMILES string of the molecule is Cc1ccc(Oc2ccccc2NC(=O)NCCS(C)=O)cc1. The Morgan fingerprint density at radius 2 is 1.83 bits per heavy atom. The van der Waals surface area contributed by atoms with Gasteiger partial charge in [-0.15, -0.1) is 0 Å². The van der Waals surface area contributed by atoms with E-state index in [-0.39, 0.29) is 6.03 Å². The van der Waals surface area contributed by atoms with Crippen LogP contribution in [-0.4, -0.2) is 28.8 Å². The quantitative estimate of drug-likeness (QED) is 0.853. The van der Waals surface area contributed by atoms with Crippen LogP contribution < -0.4 is 15.4 Å². The molecule has 0 aliphatic heterocycles. The molecule has 0 heterocycles. The third-order valence-corrected chi connectivity index (χ3v) is 3.84. The molecule has 0 saturated heterocycles. The van der Waals surface area contributed by atoms with Crippen molar-refractivity contribution >= 4 is 22.5 Å². The first kappa shape index (κ1) is 17.0. The molecule has 0 aliphatic rings. The average Bonchev–Trinajstić information content (AvgIpc) is 2.51. The Morgan fingerprint density at radius 1 is 1.13 bits per heavy atom. The minimum atomic E-state index is -0.929. The third-order valence-electron chi connectivity index (χ3n) is 3.06. The summed E-state index contributed by atoms with van der Waals surface area (Å²) in [5.41, 5.74) is 1.72. The zero-order valence-corrected chi connectivity index (χ0v) is 14.0. The van der Waals surface area contributed by atoms with Crippen molar-refractivity contribution < 1.29 is 13.7 Å². The van der Waals surface area contributed by atoms with E-state index in [1.807, 2.05) is 43.3 Å². The van der Waals surface area contributed by atoms with Gasteiger partial charge in [-0.25, -0.2) is 4.79 Å². The molecule has 2 aromatic carbocycles. The lowest BCUT2D eigenvalue weighted by Gasteiger charge is -2.13. The van der Waals surface area contributed by atoms with E-state index >= 15 is 0 Å². The number of ether oxygens (including phenoxy) is 1. The molecule has 0 spiro atoms. The highest BCUT2D eigenvalue weighted by atomic mass is 32.2. The summed E-state index contributed by atoms with van der Waals surface area (Å²) in [6.45, 7) is 2.36. The van der Waals surface area contributed by atoms with E-state index < -0.39 is 10.8 Å². The van der Waals surface area contributed by atoms with Crippen LogP contribution in [0.5, 0.6) is 11.5 Å². The van der Waals surface area contributed by atoms with Gasteiger partial charge in [0, 0.05) is 29.4 Å². The summed E-state index contributed by atoms with van der Waals surface area (Å²) in [6.07, 6.45) is 1.60. The van der Waals surface area contributed by atoms with E-state index in [4.69, 9.17) is 4.74 Å². The van der Waals surface area contributed by atoms with Gasteiger partial charge in [-0.2, -0.15) is 0 Å². The van der Waals surface area contributed by atoms with E-state index in [1.54, 1.807) is 18.4 Å². The standard InChI is InChI=1S/C17H20N2O3S/c1-13-7-9-14(10-8-13)22-16-6-4-3-5-15(16)19-17(20)18-11-12-23(2)21/h3-10H,11-12H2,1-2H3,(H2,18,19,20). The second-order valence-corrected chi connectivity index (χ2v) is 6.62. The second-order valence-electron chi connectivity index (χ2n) is 5.07. The number of hydrogen-bond acceptors (Lipinski definition) is 3. The Labute approximate surface area is 138 Å². The van der Waals surface area contributed by atoms with Crippen LogP contribution in [0.1, 0.15) is 5.56 Å². The molecular formula is C17H20N2O3S. The minimum Gasteiger partial charge on any atom is -0.455 e. The Bertz CT molecular complexity index is 686. The topological polar surface area (TPSA) is 67.4 Å². The highest BCUT2D eigenvalue weighted by Crippen LogP contribution is 2.29. The molecule has 5 nitrogen and oxygen atoms in total. The smallest absolute Gasteiger partial charge is 0.319 e. The van der Waals surface area contributed by atoms with Crippen molar-refractivity contribution in [3.05, 3.63) is 54.1 Å². The Kier molecular flexibility index (Phi) is 6.17. The summed E-state index contributed by atoms with van der Waals surface area (Å²) in [7, 11) is -0.929. The predicted octanol–water partition coefficient (Wildman–Crippen LogP) is 3.29. The maximum atomic E-state index is 11.9. The van der Waals surface area contributed by atoms with Crippen molar-refractivity contribution in [1.82, 2.24) is 5.32 Å². The summed E-state index contributed by atoms with van der Waals surface area (Å²) >= 11 is 0. The zero-order valence-electron chi connectivity index (χ0n) is 13.2. The number of urea groups is 1. The van der Waals surface area contributed by atoms with E-state index in [2.05, 4.69) is 10.6 Å². The van der Waals surface area contributed by atoms with Gasteiger partial charge in [-0.05, 0) is 31.2 Å².